The topological polar surface area (TPSA) is 39.2 Å². The molecule has 14 heavy (non-hydrogen) atoms. The van der Waals surface area contributed by atoms with Gasteiger partial charge in [0.2, 0.25) is 0 Å². The molecular formula is C12H19NO. The number of hydrogen-bond acceptors (Lipinski definition) is 2. The van der Waals surface area contributed by atoms with Crippen LogP contribution in [-0.4, -0.2) is 6.54 Å². The van der Waals surface area contributed by atoms with Crippen molar-refractivity contribution in [2.75, 3.05) is 6.54 Å². The Kier molecular flexibility index (Phi) is 3.53. The number of hydrogen-bond donors (Lipinski definition) is 1. The molecule has 0 unspecified atom stereocenters. The van der Waals surface area contributed by atoms with Crippen LogP contribution in [-0.2, 0) is 0 Å². The van der Waals surface area contributed by atoms with Crippen molar-refractivity contribution < 1.29 is 4.42 Å². The highest BCUT2D eigenvalue weighted by Gasteiger charge is 2.15. The standard InChI is InChI=1S/C12H19NO/c1-10(8-12(2,3)9-13)7-11-5-4-6-14-11/h4-7H,8-9,13H2,1-3H3/b10-7+. The van der Waals surface area contributed by atoms with E-state index in [2.05, 4.69) is 26.8 Å². The molecule has 0 aromatic carbocycles. The minimum absolute atomic E-state index is 0.174. The van der Waals surface area contributed by atoms with Gasteiger partial charge in [0.1, 0.15) is 5.76 Å². The van der Waals surface area contributed by atoms with Crippen molar-refractivity contribution in [3.05, 3.63) is 29.7 Å². The lowest BCUT2D eigenvalue weighted by atomic mass is 9.86. The van der Waals surface area contributed by atoms with Crippen LogP contribution in [0.4, 0.5) is 0 Å². The summed E-state index contributed by atoms with van der Waals surface area (Å²) in [6.45, 7) is 7.16. The molecule has 0 amide bonds. The fourth-order valence-electron chi connectivity index (χ4n) is 1.49. The minimum Gasteiger partial charge on any atom is -0.465 e. The first kappa shape index (κ1) is 11.1. The molecule has 2 N–H and O–H groups in total. The highest BCUT2D eigenvalue weighted by atomic mass is 16.3. The summed E-state index contributed by atoms with van der Waals surface area (Å²) in [4.78, 5) is 0. The normalized spacial score (nSPS) is 13.3. The molecule has 0 aliphatic heterocycles. The zero-order valence-electron chi connectivity index (χ0n) is 9.21. The molecule has 0 bridgehead atoms. The Morgan fingerprint density at radius 3 is 2.79 bits per heavy atom. The molecule has 1 aromatic heterocycles. The predicted octanol–water partition coefficient (Wildman–Crippen LogP) is 3.06. The molecule has 0 aliphatic carbocycles. The molecule has 0 aliphatic rings. The average Bonchev–Trinajstić information content (AvgIpc) is 2.55. The van der Waals surface area contributed by atoms with Crippen molar-refractivity contribution in [2.45, 2.75) is 27.2 Å². The van der Waals surface area contributed by atoms with E-state index < -0.39 is 0 Å². The van der Waals surface area contributed by atoms with Crippen LogP contribution in [0.5, 0.6) is 0 Å². The smallest absolute Gasteiger partial charge is 0.126 e. The van der Waals surface area contributed by atoms with Gasteiger partial charge >= 0.3 is 0 Å². The van der Waals surface area contributed by atoms with Gasteiger partial charge in [-0.05, 0) is 43.5 Å². The summed E-state index contributed by atoms with van der Waals surface area (Å²) < 4.78 is 5.24. The first-order valence-electron chi connectivity index (χ1n) is 4.94. The van der Waals surface area contributed by atoms with Crippen LogP contribution in [0.25, 0.3) is 6.08 Å². The van der Waals surface area contributed by atoms with E-state index in [1.165, 1.54) is 5.57 Å². The highest BCUT2D eigenvalue weighted by molar-refractivity contribution is 5.46. The van der Waals surface area contributed by atoms with Crippen LogP contribution in [0.15, 0.2) is 28.4 Å². The van der Waals surface area contributed by atoms with Gasteiger partial charge in [0.25, 0.3) is 0 Å². The van der Waals surface area contributed by atoms with E-state index in [1.54, 1.807) is 6.26 Å². The summed E-state index contributed by atoms with van der Waals surface area (Å²) in [6, 6.07) is 3.85. The second kappa shape index (κ2) is 4.47. The minimum atomic E-state index is 0.174. The maximum Gasteiger partial charge on any atom is 0.126 e. The van der Waals surface area contributed by atoms with Crippen molar-refractivity contribution in [2.24, 2.45) is 11.1 Å². The summed E-state index contributed by atoms with van der Waals surface area (Å²) in [5, 5.41) is 0. The highest BCUT2D eigenvalue weighted by Crippen LogP contribution is 2.24. The number of nitrogens with two attached hydrogens (primary N) is 1. The molecule has 0 saturated carbocycles. The first-order chi connectivity index (χ1) is 6.53. The lowest BCUT2D eigenvalue weighted by Crippen LogP contribution is -2.23. The van der Waals surface area contributed by atoms with Gasteiger partial charge in [0, 0.05) is 0 Å². The lowest BCUT2D eigenvalue weighted by Gasteiger charge is -2.22. The summed E-state index contributed by atoms with van der Waals surface area (Å²) in [5.74, 6) is 0.912. The maximum atomic E-state index is 5.68. The van der Waals surface area contributed by atoms with E-state index >= 15 is 0 Å². The van der Waals surface area contributed by atoms with Gasteiger partial charge in [-0.25, -0.2) is 0 Å². The molecule has 0 saturated heterocycles. The van der Waals surface area contributed by atoms with Gasteiger partial charge in [-0.15, -0.1) is 0 Å². The molecule has 0 spiro atoms. The Labute approximate surface area is 85.8 Å². The quantitative estimate of drug-likeness (QED) is 0.798. The van der Waals surface area contributed by atoms with E-state index in [-0.39, 0.29) is 5.41 Å². The Morgan fingerprint density at radius 1 is 1.57 bits per heavy atom. The molecular weight excluding hydrogens is 174 g/mol. The maximum absolute atomic E-state index is 5.68. The average molecular weight is 193 g/mol. The summed E-state index contributed by atoms with van der Waals surface area (Å²) in [5.41, 5.74) is 7.15. The van der Waals surface area contributed by atoms with E-state index in [0.29, 0.717) is 6.54 Å². The van der Waals surface area contributed by atoms with E-state index in [1.807, 2.05) is 12.1 Å². The zero-order chi connectivity index (χ0) is 10.6. The molecule has 1 aromatic rings. The van der Waals surface area contributed by atoms with Crippen LogP contribution < -0.4 is 5.73 Å². The molecule has 2 nitrogen and oxygen atoms in total. The van der Waals surface area contributed by atoms with E-state index in [4.69, 9.17) is 10.2 Å². The van der Waals surface area contributed by atoms with E-state index in [0.717, 1.165) is 12.2 Å². The Bertz CT molecular complexity index is 296. The molecule has 0 radical (unpaired) electrons. The predicted molar refractivity (Wildman–Crippen MR) is 59.8 cm³/mol. The number of allylic oxidation sites excluding steroid dienone is 1. The first-order valence-corrected chi connectivity index (χ1v) is 4.94. The lowest BCUT2D eigenvalue weighted by molar-refractivity contribution is 0.376. The van der Waals surface area contributed by atoms with Crippen molar-refractivity contribution in [1.82, 2.24) is 0 Å². The zero-order valence-corrected chi connectivity index (χ0v) is 9.21. The van der Waals surface area contributed by atoms with Gasteiger partial charge in [-0.1, -0.05) is 19.4 Å². The summed E-state index contributed by atoms with van der Waals surface area (Å²) in [7, 11) is 0. The van der Waals surface area contributed by atoms with Crippen LogP contribution in [0, 0.1) is 5.41 Å². The van der Waals surface area contributed by atoms with Crippen LogP contribution in [0.2, 0.25) is 0 Å². The van der Waals surface area contributed by atoms with Gasteiger partial charge in [-0.2, -0.15) is 0 Å². The summed E-state index contributed by atoms with van der Waals surface area (Å²) >= 11 is 0. The number of rotatable bonds is 4. The Morgan fingerprint density at radius 2 is 2.29 bits per heavy atom. The SMILES string of the molecule is C/C(=C\c1ccco1)CC(C)(C)CN. The third kappa shape index (κ3) is 3.38. The van der Waals surface area contributed by atoms with Gasteiger partial charge < -0.3 is 10.2 Å². The number of furan rings is 1. The molecule has 1 heterocycles. The van der Waals surface area contributed by atoms with Crippen molar-refractivity contribution >= 4 is 6.08 Å². The Balaban J connectivity index is 2.62. The molecule has 1 rings (SSSR count). The van der Waals surface area contributed by atoms with Crippen molar-refractivity contribution in [3.63, 3.8) is 0 Å². The van der Waals surface area contributed by atoms with Crippen molar-refractivity contribution in [1.29, 1.82) is 0 Å². The third-order valence-corrected chi connectivity index (χ3v) is 2.24. The monoisotopic (exact) mass is 193 g/mol. The van der Waals surface area contributed by atoms with Crippen molar-refractivity contribution in [3.8, 4) is 0 Å². The fourth-order valence-corrected chi connectivity index (χ4v) is 1.49. The van der Waals surface area contributed by atoms with Crippen LogP contribution in [0.1, 0.15) is 33.0 Å². The van der Waals surface area contributed by atoms with Gasteiger partial charge in [0.05, 0.1) is 6.26 Å². The fraction of sp³-hybridized carbons (Fsp3) is 0.500. The van der Waals surface area contributed by atoms with Crippen LogP contribution in [0.3, 0.4) is 0 Å². The van der Waals surface area contributed by atoms with E-state index in [9.17, 15) is 0 Å². The van der Waals surface area contributed by atoms with Gasteiger partial charge in [-0.3, -0.25) is 0 Å². The Hall–Kier alpha value is -1.02. The molecule has 78 valence electrons. The third-order valence-electron chi connectivity index (χ3n) is 2.24. The largest absolute Gasteiger partial charge is 0.465 e. The summed E-state index contributed by atoms with van der Waals surface area (Å²) in [6.07, 6.45) is 4.76. The molecule has 0 fully saturated rings. The second-order valence-corrected chi connectivity index (χ2v) is 4.55. The van der Waals surface area contributed by atoms with Crippen LogP contribution >= 0.6 is 0 Å². The van der Waals surface area contributed by atoms with Gasteiger partial charge in [0.15, 0.2) is 0 Å². The molecule has 0 atom stereocenters. The molecule has 2 heteroatoms. The second-order valence-electron chi connectivity index (χ2n) is 4.55.